The van der Waals surface area contributed by atoms with Crippen molar-refractivity contribution in [2.75, 3.05) is 14.1 Å². The lowest BCUT2D eigenvalue weighted by Crippen LogP contribution is -2.31. The number of nitrogens with zero attached hydrogens (tertiary/aromatic N) is 1. The Balaban J connectivity index is 0.000000280. The average molecular weight is 215 g/mol. The minimum absolute atomic E-state index is 0.861. The van der Waals surface area contributed by atoms with Gasteiger partial charge in [-0.15, -0.1) is 0 Å². The lowest BCUT2D eigenvalue weighted by molar-refractivity contribution is 0.679. The molecule has 0 bridgehead atoms. The van der Waals surface area contributed by atoms with Crippen molar-refractivity contribution < 1.29 is 0 Å². The molecule has 0 unspecified atom stereocenters. The Morgan fingerprint density at radius 3 is 2.00 bits per heavy atom. The molecule has 2 rings (SSSR count). The normalized spacial score (nSPS) is 15.6. The first-order valence-corrected chi connectivity index (χ1v) is 6.36. The van der Waals surface area contributed by atoms with Gasteiger partial charge in [0, 0.05) is 0 Å². The Labute approximate surface area is 102 Å². The maximum Gasteiger partial charge on any atom is 0.184 e. The second kappa shape index (κ2) is 7.56. The van der Waals surface area contributed by atoms with Crippen molar-refractivity contribution in [1.29, 1.82) is 0 Å². The van der Waals surface area contributed by atoms with E-state index in [1.807, 2.05) is 26.9 Å². The Bertz CT molecular complexity index is 266. The van der Waals surface area contributed by atoms with Crippen molar-refractivity contribution in [3.05, 3.63) is 30.3 Å². The molecule has 0 spiro atoms. The summed E-state index contributed by atoms with van der Waals surface area (Å²) in [5, 5.41) is 0. The van der Waals surface area contributed by atoms with Gasteiger partial charge in [-0.3, -0.25) is 0 Å². The second-order valence-corrected chi connectivity index (χ2v) is 5.09. The molecule has 3 heteroatoms. The molecule has 1 fully saturated rings. The molecule has 0 atom stereocenters. The van der Waals surface area contributed by atoms with Crippen molar-refractivity contribution in [2.24, 2.45) is 0 Å². The smallest absolute Gasteiger partial charge is 0.184 e. The molecule has 0 saturated carbocycles. The lowest BCUT2D eigenvalue weighted by Gasteiger charge is -2.18. The van der Waals surface area contributed by atoms with E-state index >= 15 is 0 Å². The van der Waals surface area contributed by atoms with Gasteiger partial charge in [-0.25, -0.2) is 0 Å². The number of hydrogen-bond acceptors (Lipinski definition) is 1. The quantitative estimate of drug-likeness (QED) is 0.644. The summed E-state index contributed by atoms with van der Waals surface area (Å²) < 4.78 is 0. The van der Waals surface area contributed by atoms with Gasteiger partial charge in [0.2, 0.25) is 0 Å². The summed E-state index contributed by atoms with van der Waals surface area (Å²) in [6.45, 7) is 0.861. The third-order valence-corrected chi connectivity index (χ3v) is 2.88. The minimum atomic E-state index is 0.861. The highest BCUT2D eigenvalue weighted by Gasteiger charge is 2.18. The average Bonchev–Trinajstić information content (AvgIpc) is 2.31. The number of rotatable bonds is 1. The summed E-state index contributed by atoms with van der Waals surface area (Å²) in [5.74, 6) is 0. The predicted octanol–water partition coefficient (Wildman–Crippen LogP) is 1.67. The third kappa shape index (κ3) is 5.41. The summed E-state index contributed by atoms with van der Waals surface area (Å²) in [7, 11) is 6.00. The molecule has 1 aliphatic heterocycles. The van der Waals surface area contributed by atoms with E-state index in [9.17, 15) is 0 Å². The maximum absolute atomic E-state index is 2.27. The molecule has 0 aromatic heterocycles. The largest absolute Gasteiger partial charge is 0.354 e. The van der Waals surface area contributed by atoms with Crippen LogP contribution in [-0.2, 0) is 0 Å². The van der Waals surface area contributed by atoms with Gasteiger partial charge in [0.25, 0.3) is 0 Å². The molecule has 1 aliphatic rings. The van der Waals surface area contributed by atoms with Gasteiger partial charge in [-0.1, -0.05) is 67.7 Å². The molecule has 86 valence electrons. The molecular weight excluding hydrogens is 192 g/mol. The summed E-state index contributed by atoms with van der Waals surface area (Å²) >= 11 is 0. The van der Waals surface area contributed by atoms with Gasteiger partial charge >= 0.3 is 0 Å². The fraction of sp³-hybridized carbons (Fsp3) is 0.538. The highest BCUT2D eigenvalue weighted by Crippen LogP contribution is 2.18. The third-order valence-electron chi connectivity index (χ3n) is 2.88. The number of hydrogen-bond donors (Lipinski definition) is 0. The van der Waals surface area contributed by atoms with E-state index in [2.05, 4.69) is 30.3 Å². The highest BCUT2D eigenvalue weighted by molar-refractivity contribution is 6.73. The topological polar surface area (TPSA) is 3.24 Å². The second-order valence-electron chi connectivity index (χ2n) is 5.09. The first-order chi connectivity index (χ1) is 7.70. The molecule has 1 aromatic rings. The molecule has 1 saturated heterocycles. The Kier molecular flexibility index (Phi) is 6.32. The fourth-order valence-electron chi connectivity index (χ4n) is 2.16. The predicted molar refractivity (Wildman–Crippen MR) is 77.5 cm³/mol. The van der Waals surface area contributed by atoms with Gasteiger partial charge in [-0.05, 0) is 14.1 Å². The van der Waals surface area contributed by atoms with Gasteiger partial charge in [0.1, 0.15) is 0 Å². The Hall–Kier alpha value is -0.690. The molecule has 0 radical (unpaired) electrons. The van der Waals surface area contributed by atoms with Gasteiger partial charge in [0.15, 0.2) is 14.7 Å². The van der Waals surface area contributed by atoms with E-state index in [-0.39, 0.29) is 0 Å². The minimum Gasteiger partial charge on any atom is -0.354 e. The Morgan fingerprint density at radius 1 is 1.00 bits per heavy atom. The molecule has 0 N–H and O–H groups in total. The van der Waals surface area contributed by atoms with Crippen LogP contribution in [0.4, 0.5) is 0 Å². The fourth-order valence-corrected chi connectivity index (χ4v) is 2.16. The van der Waals surface area contributed by atoms with Crippen LogP contribution in [0.3, 0.4) is 0 Å². The van der Waals surface area contributed by atoms with Crippen LogP contribution in [0, 0.1) is 0 Å². The summed E-state index contributed by atoms with van der Waals surface area (Å²) in [6, 6.07) is 11.0. The van der Waals surface area contributed by atoms with Crippen LogP contribution in [0.1, 0.15) is 19.3 Å². The van der Waals surface area contributed by atoms with E-state index in [1.54, 1.807) is 5.46 Å². The van der Waals surface area contributed by atoms with Crippen LogP contribution in [-0.4, -0.2) is 33.6 Å². The van der Waals surface area contributed by atoms with Crippen LogP contribution < -0.4 is 5.46 Å². The monoisotopic (exact) mass is 215 g/mol. The first kappa shape index (κ1) is 13.4. The van der Waals surface area contributed by atoms with Gasteiger partial charge in [0.05, 0.1) is 0 Å². The SMILES string of the molecule is BN(C)C.c1ccc(B2CCCCC2)cc1. The molecule has 1 nitrogen and oxygen atoms in total. The molecule has 0 amide bonds. The lowest BCUT2D eigenvalue weighted by atomic mass is 9.38. The summed E-state index contributed by atoms with van der Waals surface area (Å²) in [4.78, 5) is 2.00. The molecule has 1 heterocycles. The molecule has 0 aliphatic carbocycles. The van der Waals surface area contributed by atoms with Crippen molar-refractivity contribution >= 4 is 20.2 Å². The van der Waals surface area contributed by atoms with Gasteiger partial charge < -0.3 is 4.81 Å². The maximum atomic E-state index is 2.27. The first-order valence-electron chi connectivity index (χ1n) is 6.36. The molecule has 16 heavy (non-hydrogen) atoms. The molecular formula is C13H23B2N. The molecule has 1 aromatic carbocycles. The van der Waals surface area contributed by atoms with Crippen molar-refractivity contribution in [3.8, 4) is 0 Å². The zero-order valence-corrected chi connectivity index (χ0v) is 10.9. The highest BCUT2D eigenvalue weighted by atomic mass is 14.9. The standard InChI is InChI=1S/C11H15B.C2H8BN/c1-3-7-11(8-4-1)12-9-5-2-6-10-12;1-4(2)3/h1,3-4,7-8H,2,5-6,9-10H2;3H2,1-2H3. The van der Waals surface area contributed by atoms with Crippen LogP contribution in [0.25, 0.3) is 0 Å². The van der Waals surface area contributed by atoms with Crippen molar-refractivity contribution in [3.63, 3.8) is 0 Å². The van der Waals surface area contributed by atoms with Crippen LogP contribution >= 0.6 is 0 Å². The van der Waals surface area contributed by atoms with Crippen LogP contribution in [0.5, 0.6) is 0 Å². The summed E-state index contributed by atoms with van der Waals surface area (Å²) in [6.07, 6.45) is 7.12. The van der Waals surface area contributed by atoms with Crippen molar-refractivity contribution in [1.82, 2.24) is 4.81 Å². The van der Waals surface area contributed by atoms with E-state index in [0.717, 1.165) is 6.71 Å². The number of benzene rings is 1. The van der Waals surface area contributed by atoms with Gasteiger partial charge in [-0.2, -0.15) is 0 Å². The summed E-state index contributed by atoms with van der Waals surface area (Å²) in [5.41, 5.74) is 1.55. The zero-order valence-electron chi connectivity index (χ0n) is 10.9. The van der Waals surface area contributed by atoms with Crippen LogP contribution in [0.15, 0.2) is 30.3 Å². The Morgan fingerprint density at radius 2 is 1.50 bits per heavy atom. The van der Waals surface area contributed by atoms with E-state index in [4.69, 9.17) is 0 Å². The van der Waals surface area contributed by atoms with Crippen LogP contribution in [0.2, 0.25) is 12.6 Å². The van der Waals surface area contributed by atoms with E-state index < -0.39 is 0 Å². The van der Waals surface area contributed by atoms with Crippen molar-refractivity contribution in [2.45, 2.75) is 31.9 Å². The zero-order chi connectivity index (χ0) is 11.8. The van der Waals surface area contributed by atoms with E-state index in [0.29, 0.717) is 0 Å². The van der Waals surface area contributed by atoms with E-state index in [1.165, 1.54) is 31.9 Å².